The van der Waals surface area contributed by atoms with Crippen molar-refractivity contribution in [3.05, 3.63) is 45.7 Å². The standard InChI is InChI=1S/C32H52N2O2/c1-3-5-7-9-11-13-14-16-18-20-22-29-31(35)33-30(34-32(29)36)28-25-23-27(24-26-28)21-19-17-15-12-10-8-6-4-2/h23-26H,3-22H2,1-2H3,(H2,33,34,35,36). The molecule has 0 aliphatic heterocycles. The molecule has 0 aliphatic carbocycles. The van der Waals surface area contributed by atoms with Gasteiger partial charge in [-0.1, -0.05) is 141 Å². The Kier molecular flexibility index (Phi) is 16.0. The van der Waals surface area contributed by atoms with E-state index < -0.39 is 0 Å². The number of benzene rings is 1. The number of H-pyrrole nitrogens is 1. The third-order valence-corrected chi connectivity index (χ3v) is 7.32. The van der Waals surface area contributed by atoms with Crippen molar-refractivity contribution in [1.29, 1.82) is 0 Å². The summed E-state index contributed by atoms with van der Waals surface area (Å²) in [6, 6.07) is 8.23. The Morgan fingerprint density at radius 3 is 1.56 bits per heavy atom. The second-order valence-corrected chi connectivity index (χ2v) is 10.6. The number of aryl methyl sites for hydroxylation is 1. The minimum absolute atomic E-state index is 0.118. The number of hydrogen-bond donors (Lipinski definition) is 2. The highest BCUT2D eigenvalue weighted by molar-refractivity contribution is 5.56. The van der Waals surface area contributed by atoms with Crippen LogP contribution < -0.4 is 5.56 Å². The molecule has 2 aromatic rings. The fourth-order valence-electron chi connectivity index (χ4n) is 4.93. The largest absolute Gasteiger partial charge is 0.493 e. The van der Waals surface area contributed by atoms with Crippen LogP contribution in [0.1, 0.15) is 141 Å². The highest BCUT2D eigenvalue weighted by atomic mass is 16.3. The van der Waals surface area contributed by atoms with E-state index in [0.717, 1.165) is 24.8 Å². The number of aromatic hydroxyl groups is 1. The molecule has 4 nitrogen and oxygen atoms in total. The Balaban J connectivity index is 1.70. The van der Waals surface area contributed by atoms with Crippen molar-refractivity contribution in [3.63, 3.8) is 0 Å². The molecule has 0 amide bonds. The molecule has 202 valence electrons. The molecule has 0 aliphatic rings. The monoisotopic (exact) mass is 496 g/mol. The zero-order valence-corrected chi connectivity index (χ0v) is 23.3. The summed E-state index contributed by atoms with van der Waals surface area (Å²) in [5.41, 5.74) is 2.36. The number of hydrogen-bond acceptors (Lipinski definition) is 3. The molecule has 0 saturated carbocycles. The molecule has 2 N–H and O–H groups in total. The Labute approximate surface area is 220 Å². The molecule has 1 aromatic carbocycles. The van der Waals surface area contributed by atoms with E-state index in [1.807, 2.05) is 12.1 Å². The van der Waals surface area contributed by atoms with Crippen molar-refractivity contribution >= 4 is 0 Å². The van der Waals surface area contributed by atoms with Crippen molar-refractivity contribution < 1.29 is 5.11 Å². The van der Waals surface area contributed by atoms with Crippen LogP contribution in [0.3, 0.4) is 0 Å². The molecular formula is C32H52N2O2. The van der Waals surface area contributed by atoms with Gasteiger partial charge in [-0.05, 0) is 31.2 Å². The third kappa shape index (κ3) is 12.2. The van der Waals surface area contributed by atoms with E-state index in [9.17, 15) is 9.90 Å². The molecule has 0 unspecified atom stereocenters. The topological polar surface area (TPSA) is 66.0 Å². The van der Waals surface area contributed by atoms with Crippen molar-refractivity contribution in [1.82, 2.24) is 9.97 Å². The predicted molar refractivity (Wildman–Crippen MR) is 154 cm³/mol. The summed E-state index contributed by atoms with van der Waals surface area (Å²) >= 11 is 0. The fourth-order valence-corrected chi connectivity index (χ4v) is 4.93. The van der Waals surface area contributed by atoms with Gasteiger partial charge in [0.25, 0.3) is 5.56 Å². The second kappa shape index (κ2) is 19.1. The summed E-state index contributed by atoms with van der Waals surface area (Å²) < 4.78 is 0. The van der Waals surface area contributed by atoms with Gasteiger partial charge in [0.05, 0.1) is 5.56 Å². The maximum Gasteiger partial charge on any atom is 0.258 e. The SMILES string of the molecule is CCCCCCCCCCCCc1c(O)nc(-c2ccc(CCCCCCCCCC)cc2)[nH]c1=O. The van der Waals surface area contributed by atoms with Crippen LogP contribution in [-0.2, 0) is 12.8 Å². The molecule has 2 rings (SSSR count). The van der Waals surface area contributed by atoms with Crippen LogP contribution in [0, 0.1) is 0 Å². The van der Waals surface area contributed by atoms with Crippen molar-refractivity contribution in [2.24, 2.45) is 0 Å². The predicted octanol–water partition coefficient (Wildman–Crippen LogP) is 9.29. The molecule has 1 aromatic heterocycles. The van der Waals surface area contributed by atoms with Crippen molar-refractivity contribution in [2.75, 3.05) is 0 Å². The summed E-state index contributed by atoms with van der Waals surface area (Å²) in [5.74, 6) is 0.329. The van der Waals surface area contributed by atoms with Crippen molar-refractivity contribution in [2.45, 2.75) is 142 Å². The minimum atomic E-state index is -0.212. The normalized spacial score (nSPS) is 11.3. The Hall–Kier alpha value is -2.10. The summed E-state index contributed by atoms with van der Waals surface area (Å²) in [5, 5.41) is 10.4. The maximum atomic E-state index is 12.6. The number of nitrogens with zero attached hydrogens (tertiary/aromatic N) is 1. The van der Waals surface area contributed by atoms with E-state index in [2.05, 4.69) is 35.9 Å². The van der Waals surface area contributed by atoms with Crippen LogP contribution in [0.5, 0.6) is 5.88 Å². The molecule has 0 saturated heterocycles. The average Bonchev–Trinajstić information content (AvgIpc) is 2.88. The Morgan fingerprint density at radius 2 is 1.08 bits per heavy atom. The lowest BCUT2D eigenvalue weighted by Crippen LogP contribution is -2.15. The van der Waals surface area contributed by atoms with E-state index >= 15 is 0 Å². The first-order valence-electron chi connectivity index (χ1n) is 15.1. The van der Waals surface area contributed by atoms with E-state index in [0.29, 0.717) is 17.8 Å². The van der Waals surface area contributed by atoms with Crippen LogP contribution in [-0.4, -0.2) is 15.1 Å². The van der Waals surface area contributed by atoms with Crippen LogP contribution >= 0.6 is 0 Å². The lowest BCUT2D eigenvalue weighted by atomic mass is 10.0. The highest BCUT2D eigenvalue weighted by Gasteiger charge is 2.12. The van der Waals surface area contributed by atoms with Crippen LogP contribution in [0.25, 0.3) is 11.4 Å². The highest BCUT2D eigenvalue weighted by Crippen LogP contribution is 2.21. The molecule has 0 spiro atoms. The summed E-state index contributed by atoms with van der Waals surface area (Å²) in [6.07, 6.45) is 24.8. The van der Waals surface area contributed by atoms with Gasteiger partial charge in [-0.2, -0.15) is 4.98 Å². The third-order valence-electron chi connectivity index (χ3n) is 7.32. The van der Waals surface area contributed by atoms with E-state index in [1.54, 1.807) is 0 Å². The molecule has 1 heterocycles. The number of rotatable bonds is 21. The van der Waals surface area contributed by atoms with E-state index in [4.69, 9.17) is 0 Å². The number of aromatic nitrogens is 2. The zero-order valence-electron chi connectivity index (χ0n) is 23.3. The first kappa shape index (κ1) is 30.1. The van der Waals surface area contributed by atoms with E-state index in [-0.39, 0.29) is 11.4 Å². The van der Waals surface area contributed by atoms with Gasteiger partial charge in [-0.25, -0.2) is 0 Å². The zero-order chi connectivity index (χ0) is 25.8. The molecule has 0 radical (unpaired) electrons. The second-order valence-electron chi connectivity index (χ2n) is 10.6. The van der Waals surface area contributed by atoms with Gasteiger partial charge in [-0.3, -0.25) is 4.79 Å². The smallest absolute Gasteiger partial charge is 0.258 e. The fraction of sp³-hybridized carbons (Fsp3) is 0.688. The van der Waals surface area contributed by atoms with Crippen LogP contribution in [0.15, 0.2) is 29.1 Å². The quantitative estimate of drug-likeness (QED) is 0.169. The molecule has 36 heavy (non-hydrogen) atoms. The first-order valence-corrected chi connectivity index (χ1v) is 15.1. The lowest BCUT2D eigenvalue weighted by Gasteiger charge is -2.08. The number of nitrogens with one attached hydrogen (secondary N) is 1. The van der Waals surface area contributed by atoms with Crippen LogP contribution in [0.4, 0.5) is 0 Å². The minimum Gasteiger partial charge on any atom is -0.493 e. The van der Waals surface area contributed by atoms with Crippen molar-refractivity contribution in [3.8, 4) is 17.3 Å². The van der Waals surface area contributed by atoms with Gasteiger partial charge in [0.1, 0.15) is 5.82 Å². The molecule has 4 heteroatoms. The van der Waals surface area contributed by atoms with Crippen LogP contribution in [0.2, 0.25) is 0 Å². The molecular weight excluding hydrogens is 444 g/mol. The molecule has 0 bridgehead atoms. The van der Waals surface area contributed by atoms with Gasteiger partial charge < -0.3 is 10.1 Å². The average molecular weight is 497 g/mol. The summed E-state index contributed by atoms with van der Waals surface area (Å²) in [7, 11) is 0. The lowest BCUT2D eigenvalue weighted by molar-refractivity contribution is 0.441. The number of unbranched alkanes of at least 4 members (excludes halogenated alkanes) is 16. The Bertz CT molecular complexity index is 873. The van der Waals surface area contributed by atoms with Gasteiger partial charge >= 0.3 is 0 Å². The summed E-state index contributed by atoms with van der Waals surface area (Å²) in [6.45, 7) is 4.51. The maximum absolute atomic E-state index is 12.6. The van der Waals surface area contributed by atoms with E-state index in [1.165, 1.54) is 108 Å². The molecule has 0 fully saturated rings. The van der Waals surface area contributed by atoms with Gasteiger partial charge in [0.2, 0.25) is 5.88 Å². The van der Waals surface area contributed by atoms with Gasteiger partial charge in [-0.15, -0.1) is 0 Å². The number of aromatic amines is 1. The summed E-state index contributed by atoms with van der Waals surface area (Å²) in [4.78, 5) is 19.8. The molecule has 0 atom stereocenters. The van der Waals surface area contributed by atoms with Gasteiger partial charge in [0, 0.05) is 5.56 Å². The Morgan fingerprint density at radius 1 is 0.639 bits per heavy atom. The first-order chi connectivity index (χ1) is 17.7. The van der Waals surface area contributed by atoms with Gasteiger partial charge in [0.15, 0.2) is 0 Å².